The Morgan fingerprint density at radius 3 is 2.52 bits per heavy atom. The third-order valence-corrected chi connectivity index (χ3v) is 6.02. The molecule has 29 heavy (non-hydrogen) atoms. The molecule has 2 heterocycles. The maximum atomic E-state index is 10.4. The molecule has 0 amide bonds. The molecule has 0 saturated heterocycles. The molecule has 0 spiro atoms. The van der Waals surface area contributed by atoms with Gasteiger partial charge < -0.3 is 15.0 Å². The van der Waals surface area contributed by atoms with E-state index >= 15 is 0 Å². The van der Waals surface area contributed by atoms with Crippen LogP contribution in [0.5, 0.6) is 0 Å². The summed E-state index contributed by atoms with van der Waals surface area (Å²) in [6.45, 7) is 4.41. The Kier molecular flexibility index (Phi) is 6.11. The minimum absolute atomic E-state index is 0.425. The highest BCUT2D eigenvalue weighted by atomic mass is 16.3. The lowest BCUT2D eigenvalue weighted by atomic mass is 10.1. The number of rotatable bonds is 8. The van der Waals surface area contributed by atoms with Crippen LogP contribution in [0.1, 0.15) is 70.2 Å². The first kappa shape index (κ1) is 19.9. The highest BCUT2D eigenvalue weighted by molar-refractivity contribution is 5.77. The first-order valence-electron chi connectivity index (χ1n) is 10.8. The van der Waals surface area contributed by atoms with Gasteiger partial charge in [-0.3, -0.25) is 5.32 Å². The average Bonchev–Trinajstić information content (AvgIpc) is 3.40. The molecule has 1 fully saturated rings. The summed E-state index contributed by atoms with van der Waals surface area (Å²) in [7, 11) is 0. The van der Waals surface area contributed by atoms with Crippen molar-refractivity contribution in [3.63, 3.8) is 0 Å². The van der Waals surface area contributed by atoms with Gasteiger partial charge in [-0.05, 0) is 49.4 Å². The average molecular weight is 394 g/mol. The van der Waals surface area contributed by atoms with Crippen LogP contribution in [0.3, 0.4) is 0 Å². The lowest BCUT2D eigenvalue weighted by Crippen LogP contribution is -2.30. The van der Waals surface area contributed by atoms with E-state index in [1.807, 2.05) is 30.5 Å². The van der Waals surface area contributed by atoms with E-state index in [-0.39, 0.29) is 0 Å². The van der Waals surface area contributed by atoms with E-state index in [0.29, 0.717) is 18.0 Å². The fourth-order valence-electron chi connectivity index (χ4n) is 4.26. The predicted molar refractivity (Wildman–Crippen MR) is 117 cm³/mol. The number of nitrogens with one attached hydrogen (secondary N) is 2. The molecule has 1 aliphatic carbocycles. The van der Waals surface area contributed by atoms with Crippen molar-refractivity contribution in [3.05, 3.63) is 48.3 Å². The van der Waals surface area contributed by atoms with Gasteiger partial charge in [0.25, 0.3) is 0 Å². The van der Waals surface area contributed by atoms with Crippen LogP contribution in [0, 0.1) is 0 Å². The van der Waals surface area contributed by atoms with E-state index in [9.17, 15) is 5.11 Å². The number of aromatic nitrogens is 3. The summed E-state index contributed by atoms with van der Waals surface area (Å²) in [6.07, 6.45) is 10.3. The van der Waals surface area contributed by atoms with Crippen LogP contribution < -0.4 is 10.6 Å². The van der Waals surface area contributed by atoms with Crippen LogP contribution in [0.2, 0.25) is 0 Å². The molecule has 154 valence electrons. The zero-order valence-corrected chi connectivity index (χ0v) is 17.3. The fraction of sp³-hybridized carbons (Fsp3) is 0.478. The van der Waals surface area contributed by atoms with Gasteiger partial charge in [-0.15, -0.1) is 0 Å². The summed E-state index contributed by atoms with van der Waals surface area (Å²) in [5.74, 6) is 0.584. The topological polar surface area (TPSA) is 75.0 Å². The predicted octanol–water partition coefficient (Wildman–Crippen LogP) is 5.06. The fourth-order valence-corrected chi connectivity index (χ4v) is 4.26. The zero-order valence-electron chi connectivity index (χ0n) is 17.3. The van der Waals surface area contributed by atoms with Crippen molar-refractivity contribution < 1.29 is 5.11 Å². The molecular weight excluding hydrogens is 362 g/mol. The summed E-state index contributed by atoms with van der Waals surface area (Å²) >= 11 is 0. The second-order valence-corrected chi connectivity index (χ2v) is 7.96. The highest BCUT2D eigenvalue weighted by Gasteiger charge is 2.18. The molecular formula is C23H31N5O. The second kappa shape index (κ2) is 8.93. The molecule has 0 radical (unpaired) electrons. The number of hydrogen-bond donors (Lipinski definition) is 3. The SMILES string of the molecule is CCC(CC)n1ccc2cnc(Nc3ccc(C(O)NC4CCCC4)cc3)nc21. The summed E-state index contributed by atoms with van der Waals surface area (Å²) in [4.78, 5) is 9.21. The van der Waals surface area contributed by atoms with E-state index in [4.69, 9.17) is 4.98 Å². The van der Waals surface area contributed by atoms with Crippen LogP contribution >= 0.6 is 0 Å². The van der Waals surface area contributed by atoms with Gasteiger partial charge in [-0.25, -0.2) is 4.98 Å². The molecule has 1 aromatic carbocycles. The molecule has 6 nitrogen and oxygen atoms in total. The number of aliphatic hydroxyl groups is 1. The molecule has 3 aromatic rings. The second-order valence-electron chi connectivity index (χ2n) is 7.96. The molecule has 6 heteroatoms. The zero-order chi connectivity index (χ0) is 20.2. The van der Waals surface area contributed by atoms with E-state index < -0.39 is 6.23 Å². The molecule has 0 aliphatic heterocycles. The van der Waals surface area contributed by atoms with Crippen LogP contribution in [-0.4, -0.2) is 25.7 Å². The van der Waals surface area contributed by atoms with Crippen LogP contribution in [0.4, 0.5) is 11.6 Å². The van der Waals surface area contributed by atoms with Gasteiger partial charge in [0, 0.05) is 35.6 Å². The lowest BCUT2D eigenvalue weighted by Gasteiger charge is -2.18. The quantitative estimate of drug-likeness (QED) is 0.467. The van der Waals surface area contributed by atoms with Gasteiger partial charge in [-0.1, -0.05) is 38.8 Å². The van der Waals surface area contributed by atoms with Crippen LogP contribution in [0.25, 0.3) is 11.0 Å². The van der Waals surface area contributed by atoms with Gasteiger partial charge in [0.2, 0.25) is 5.95 Å². The van der Waals surface area contributed by atoms with Gasteiger partial charge in [0.05, 0.1) is 0 Å². The van der Waals surface area contributed by atoms with Crippen LogP contribution in [-0.2, 0) is 0 Å². The van der Waals surface area contributed by atoms with Crippen molar-refractivity contribution in [2.75, 3.05) is 5.32 Å². The molecule has 1 atom stereocenters. The van der Waals surface area contributed by atoms with Gasteiger partial charge in [-0.2, -0.15) is 4.98 Å². The maximum absolute atomic E-state index is 10.4. The Morgan fingerprint density at radius 2 is 1.83 bits per heavy atom. The normalized spacial score (nSPS) is 16.0. The van der Waals surface area contributed by atoms with E-state index in [1.54, 1.807) is 0 Å². The first-order valence-corrected chi connectivity index (χ1v) is 10.8. The Morgan fingerprint density at radius 1 is 1.10 bits per heavy atom. The van der Waals surface area contributed by atoms with E-state index in [2.05, 4.69) is 46.3 Å². The molecule has 3 N–H and O–H groups in total. The Bertz CT molecular complexity index is 926. The third kappa shape index (κ3) is 4.43. The Labute approximate surface area is 172 Å². The largest absolute Gasteiger partial charge is 0.374 e. The van der Waals surface area contributed by atoms with Crippen molar-refractivity contribution in [3.8, 4) is 0 Å². The number of nitrogens with zero attached hydrogens (tertiary/aromatic N) is 3. The standard InChI is InChI=1S/C23H31N5O/c1-3-20(4-2)28-14-13-17-15-24-23(27-21(17)28)26-19-11-9-16(10-12-19)22(29)25-18-7-5-6-8-18/h9-15,18,20,22,25,29H,3-8H2,1-2H3,(H,24,26,27). The Hall–Kier alpha value is -2.44. The molecule has 0 bridgehead atoms. The smallest absolute Gasteiger partial charge is 0.229 e. The molecule has 1 aliphatic rings. The minimum atomic E-state index is -0.622. The molecule has 1 saturated carbocycles. The molecule has 2 aromatic heterocycles. The van der Waals surface area contributed by atoms with Crippen molar-refractivity contribution in [1.29, 1.82) is 0 Å². The number of aliphatic hydroxyl groups excluding tert-OH is 1. The summed E-state index contributed by atoms with van der Waals surface area (Å²) < 4.78 is 2.25. The summed E-state index contributed by atoms with van der Waals surface area (Å²) in [5, 5.41) is 18.1. The molecule has 4 rings (SSSR count). The summed E-state index contributed by atoms with van der Waals surface area (Å²) in [6, 6.07) is 10.8. The number of hydrogen-bond acceptors (Lipinski definition) is 5. The monoisotopic (exact) mass is 393 g/mol. The van der Waals surface area contributed by atoms with E-state index in [0.717, 1.165) is 48.0 Å². The highest BCUT2D eigenvalue weighted by Crippen LogP contribution is 2.25. The Balaban J connectivity index is 1.47. The van der Waals surface area contributed by atoms with Crippen LogP contribution in [0.15, 0.2) is 42.7 Å². The van der Waals surface area contributed by atoms with Gasteiger partial charge in [0.1, 0.15) is 11.9 Å². The third-order valence-electron chi connectivity index (χ3n) is 6.02. The van der Waals surface area contributed by atoms with Gasteiger partial charge in [0.15, 0.2) is 0 Å². The van der Waals surface area contributed by atoms with Crippen molar-refractivity contribution in [2.45, 2.75) is 70.7 Å². The number of fused-ring (bicyclic) bond motifs is 1. The van der Waals surface area contributed by atoms with Gasteiger partial charge >= 0.3 is 0 Å². The van der Waals surface area contributed by atoms with Crippen molar-refractivity contribution in [1.82, 2.24) is 19.9 Å². The number of benzene rings is 1. The first-order chi connectivity index (χ1) is 14.2. The lowest BCUT2D eigenvalue weighted by molar-refractivity contribution is 0.124. The molecule has 1 unspecified atom stereocenters. The maximum Gasteiger partial charge on any atom is 0.229 e. The van der Waals surface area contributed by atoms with Crippen molar-refractivity contribution in [2.24, 2.45) is 0 Å². The number of anilines is 2. The summed E-state index contributed by atoms with van der Waals surface area (Å²) in [5.41, 5.74) is 2.74. The van der Waals surface area contributed by atoms with E-state index in [1.165, 1.54) is 12.8 Å². The van der Waals surface area contributed by atoms with Crippen molar-refractivity contribution >= 4 is 22.7 Å². The minimum Gasteiger partial charge on any atom is -0.374 e.